The predicted octanol–water partition coefficient (Wildman–Crippen LogP) is 3.95. The van der Waals surface area contributed by atoms with E-state index in [1.54, 1.807) is 23.9 Å². The van der Waals surface area contributed by atoms with Crippen LogP contribution in [0, 0.1) is 10.1 Å². The summed E-state index contributed by atoms with van der Waals surface area (Å²) >= 11 is 1.72. The third-order valence-corrected chi connectivity index (χ3v) is 3.98. The molecule has 110 valence electrons. The van der Waals surface area contributed by atoms with Gasteiger partial charge >= 0.3 is 0 Å². The van der Waals surface area contributed by atoms with E-state index in [1.165, 1.54) is 10.5 Å². The van der Waals surface area contributed by atoms with Gasteiger partial charge in [-0.25, -0.2) is 0 Å². The molecule has 0 amide bonds. The van der Waals surface area contributed by atoms with E-state index in [-0.39, 0.29) is 10.6 Å². The second kappa shape index (κ2) is 7.24. The third-order valence-electron chi connectivity index (χ3n) is 3.24. The highest BCUT2D eigenvalue weighted by atomic mass is 32.2. The highest BCUT2D eigenvalue weighted by molar-refractivity contribution is 7.98. The summed E-state index contributed by atoms with van der Waals surface area (Å²) < 4.78 is 0. The van der Waals surface area contributed by atoms with E-state index >= 15 is 0 Å². The maximum atomic E-state index is 11.0. The quantitative estimate of drug-likeness (QED) is 0.460. The Balaban J connectivity index is 2.04. The fraction of sp³-hybridized carbons (Fsp3) is 0.250. The topological polar surface area (TPSA) is 46.4 Å². The van der Waals surface area contributed by atoms with E-state index in [9.17, 15) is 10.1 Å². The van der Waals surface area contributed by atoms with Crippen molar-refractivity contribution in [2.24, 2.45) is 0 Å². The first-order valence-corrected chi connectivity index (χ1v) is 7.86. The van der Waals surface area contributed by atoms with Crippen LogP contribution in [0.5, 0.6) is 0 Å². The molecule has 21 heavy (non-hydrogen) atoms. The van der Waals surface area contributed by atoms with E-state index in [4.69, 9.17) is 0 Å². The Kier molecular flexibility index (Phi) is 5.36. The van der Waals surface area contributed by atoms with Crippen molar-refractivity contribution in [3.05, 3.63) is 69.8 Å². The van der Waals surface area contributed by atoms with Gasteiger partial charge in [-0.2, -0.15) is 0 Å². The molecule has 0 spiro atoms. The van der Waals surface area contributed by atoms with Crippen LogP contribution in [0.1, 0.15) is 11.1 Å². The number of nitro groups is 1. The summed E-state index contributed by atoms with van der Waals surface area (Å²) in [7, 11) is 1.97. The van der Waals surface area contributed by atoms with Crippen molar-refractivity contribution in [3.63, 3.8) is 0 Å². The average molecular weight is 302 g/mol. The number of nitro benzene ring substituents is 1. The van der Waals surface area contributed by atoms with Crippen molar-refractivity contribution in [2.75, 3.05) is 13.3 Å². The van der Waals surface area contributed by atoms with E-state index in [0.29, 0.717) is 6.54 Å². The summed E-state index contributed by atoms with van der Waals surface area (Å²) in [5, 5.41) is 11.0. The molecule has 0 heterocycles. The van der Waals surface area contributed by atoms with E-state index < -0.39 is 0 Å². The zero-order valence-corrected chi connectivity index (χ0v) is 13.0. The molecule has 2 rings (SSSR count). The fourth-order valence-electron chi connectivity index (χ4n) is 2.21. The number of rotatable bonds is 6. The summed E-state index contributed by atoms with van der Waals surface area (Å²) in [4.78, 5) is 14.0. The molecule has 0 saturated heterocycles. The van der Waals surface area contributed by atoms with Gasteiger partial charge < -0.3 is 0 Å². The molecule has 2 aromatic carbocycles. The molecule has 0 atom stereocenters. The molecule has 0 bridgehead atoms. The maximum Gasteiger partial charge on any atom is 0.273 e. The van der Waals surface area contributed by atoms with Gasteiger partial charge in [-0.15, -0.1) is 11.8 Å². The Bertz CT molecular complexity index is 614. The zero-order valence-electron chi connectivity index (χ0n) is 12.2. The lowest BCUT2D eigenvalue weighted by Gasteiger charge is -2.17. The lowest BCUT2D eigenvalue weighted by Crippen LogP contribution is -2.17. The molecule has 5 heteroatoms. The summed E-state index contributed by atoms with van der Waals surface area (Å²) in [6, 6.07) is 15.3. The molecule has 0 aliphatic rings. The van der Waals surface area contributed by atoms with Gasteiger partial charge in [0.25, 0.3) is 5.69 Å². The summed E-state index contributed by atoms with van der Waals surface area (Å²) in [6.45, 7) is 1.32. The number of thioether (sulfide) groups is 1. The minimum Gasteiger partial charge on any atom is -0.298 e. The molecule has 4 nitrogen and oxygen atoms in total. The third kappa shape index (κ3) is 4.31. The van der Waals surface area contributed by atoms with E-state index in [1.807, 2.05) is 19.2 Å². The van der Waals surface area contributed by atoms with Crippen molar-refractivity contribution < 1.29 is 4.92 Å². The number of nitrogens with zero attached hydrogens (tertiary/aromatic N) is 2. The first-order valence-electron chi connectivity index (χ1n) is 6.64. The highest BCUT2D eigenvalue weighted by Crippen LogP contribution is 2.20. The first-order chi connectivity index (χ1) is 10.1. The van der Waals surface area contributed by atoms with Gasteiger partial charge in [0.05, 0.1) is 4.92 Å². The van der Waals surface area contributed by atoms with Crippen LogP contribution in [0.4, 0.5) is 5.69 Å². The van der Waals surface area contributed by atoms with Crippen LogP contribution < -0.4 is 0 Å². The molecule has 0 aromatic heterocycles. The van der Waals surface area contributed by atoms with E-state index in [0.717, 1.165) is 12.1 Å². The van der Waals surface area contributed by atoms with Gasteiger partial charge in [0.15, 0.2) is 0 Å². The van der Waals surface area contributed by atoms with Crippen molar-refractivity contribution in [3.8, 4) is 0 Å². The van der Waals surface area contributed by atoms with Crippen molar-refractivity contribution in [2.45, 2.75) is 18.0 Å². The van der Waals surface area contributed by atoms with Crippen molar-refractivity contribution >= 4 is 17.4 Å². The van der Waals surface area contributed by atoms with Gasteiger partial charge in [-0.3, -0.25) is 15.0 Å². The van der Waals surface area contributed by atoms with Crippen LogP contribution in [0.2, 0.25) is 0 Å². The smallest absolute Gasteiger partial charge is 0.273 e. The van der Waals surface area contributed by atoms with Crippen LogP contribution in [0.3, 0.4) is 0 Å². The molecule has 0 saturated carbocycles. The Morgan fingerprint density at radius 3 is 2.38 bits per heavy atom. The van der Waals surface area contributed by atoms with Gasteiger partial charge in [-0.1, -0.05) is 30.3 Å². The summed E-state index contributed by atoms with van der Waals surface area (Å²) in [5.41, 5.74) is 2.13. The molecule has 0 N–H and O–H groups in total. The molecule has 0 unspecified atom stereocenters. The molecule has 0 radical (unpaired) electrons. The number of benzene rings is 2. The predicted molar refractivity (Wildman–Crippen MR) is 86.5 cm³/mol. The molecular formula is C16H18N2O2S. The second-order valence-corrected chi connectivity index (χ2v) is 5.79. The molecule has 0 aliphatic heterocycles. The maximum absolute atomic E-state index is 11.0. The Morgan fingerprint density at radius 1 is 1.10 bits per heavy atom. The lowest BCUT2D eigenvalue weighted by molar-refractivity contribution is -0.385. The molecule has 0 fully saturated rings. The fourth-order valence-corrected chi connectivity index (χ4v) is 2.62. The van der Waals surface area contributed by atoms with Gasteiger partial charge in [0.1, 0.15) is 0 Å². The SMILES string of the molecule is CSc1ccc(CN(C)Cc2ccccc2[N+](=O)[O-])cc1. The minimum atomic E-state index is -0.323. The van der Waals surface area contributed by atoms with Gasteiger partial charge in [0, 0.05) is 29.6 Å². The van der Waals surface area contributed by atoms with Crippen molar-refractivity contribution in [1.29, 1.82) is 0 Å². The van der Waals surface area contributed by atoms with Crippen LogP contribution in [-0.4, -0.2) is 23.1 Å². The van der Waals surface area contributed by atoms with Crippen LogP contribution in [0.25, 0.3) is 0 Å². The Morgan fingerprint density at radius 2 is 1.76 bits per heavy atom. The zero-order chi connectivity index (χ0) is 15.2. The van der Waals surface area contributed by atoms with Gasteiger partial charge in [0.2, 0.25) is 0 Å². The molecular weight excluding hydrogens is 284 g/mol. The number of para-hydroxylation sites is 1. The van der Waals surface area contributed by atoms with E-state index in [2.05, 4.69) is 35.4 Å². The summed E-state index contributed by atoms with van der Waals surface area (Å²) in [5.74, 6) is 0. The minimum absolute atomic E-state index is 0.182. The normalized spacial score (nSPS) is 10.8. The number of hydrogen-bond donors (Lipinski definition) is 0. The van der Waals surface area contributed by atoms with Crippen molar-refractivity contribution in [1.82, 2.24) is 4.90 Å². The Hall–Kier alpha value is -1.85. The monoisotopic (exact) mass is 302 g/mol. The first kappa shape index (κ1) is 15.5. The lowest BCUT2D eigenvalue weighted by atomic mass is 10.1. The highest BCUT2D eigenvalue weighted by Gasteiger charge is 2.13. The largest absolute Gasteiger partial charge is 0.298 e. The van der Waals surface area contributed by atoms with Crippen LogP contribution >= 0.6 is 11.8 Å². The standard InChI is InChI=1S/C16H18N2O2S/c1-17(11-13-7-9-15(21-2)10-8-13)12-14-5-3-4-6-16(14)18(19)20/h3-10H,11-12H2,1-2H3. The van der Waals surface area contributed by atoms with Gasteiger partial charge in [-0.05, 0) is 31.0 Å². The molecule has 2 aromatic rings. The Labute approximate surface area is 128 Å². The summed E-state index contributed by atoms with van der Waals surface area (Å²) in [6.07, 6.45) is 2.05. The van der Waals surface area contributed by atoms with Crippen LogP contribution in [-0.2, 0) is 13.1 Å². The average Bonchev–Trinajstić information content (AvgIpc) is 2.48. The molecule has 0 aliphatic carbocycles. The van der Waals surface area contributed by atoms with Crippen LogP contribution in [0.15, 0.2) is 53.4 Å². The second-order valence-electron chi connectivity index (χ2n) is 4.91. The number of hydrogen-bond acceptors (Lipinski definition) is 4.